The summed E-state index contributed by atoms with van der Waals surface area (Å²) < 4.78 is 14.9. The maximum Gasteiger partial charge on any atom is 0.321 e. The fraction of sp³-hybridized carbons (Fsp3) is 0.375. The third-order valence-corrected chi connectivity index (χ3v) is 4.20. The fourth-order valence-electron chi connectivity index (χ4n) is 1.92. The highest BCUT2D eigenvalue weighted by Gasteiger charge is 2.13. The molecule has 0 aliphatic heterocycles. The number of hydrogen-bond donors (Lipinski definition) is 2. The van der Waals surface area contributed by atoms with Gasteiger partial charge in [-0.1, -0.05) is 5.16 Å². The average Bonchev–Trinajstić information content (AvgIpc) is 3.23. The lowest BCUT2D eigenvalue weighted by Crippen LogP contribution is -2.41. The van der Waals surface area contributed by atoms with Crippen LogP contribution in [0.1, 0.15) is 22.8 Å². The lowest BCUT2D eigenvalue weighted by Gasteiger charge is -2.06. The van der Waals surface area contributed by atoms with Crippen molar-refractivity contribution in [3.63, 3.8) is 0 Å². The number of aromatic nitrogens is 1. The van der Waals surface area contributed by atoms with E-state index in [1.807, 2.05) is 6.92 Å². The van der Waals surface area contributed by atoms with Crippen molar-refractivity contribution in [3.8, 4) is 0 Å². The van der Waals surface area contributed by atoms with Gasteiger partial charge in [0, 0.05) is 11.3 Å². The molecule has 2 heterocycles. The topological polar surface area (TPSA) is 124 Å². The van der Waals surface area contributed by atoms with Gasteiger partial charge >= 0.3 is 12.0 Å². The molecule has 3 amide bonds. The number of nitrogens with zero attached hydrogens (tertiary/aromatic N) is 1. The van der Waals surface area contributed by atoms with Gasteiger partial charge in [0.1, 0.15) is 11.5 Å². The lowest BCUT2D eigenvalue weighted by atomic mass is 10.2. The van der Waals surface area contributed by atoms with E-state index in [-0.39, 0.29) is 12.3 Å². The van der Waals surface area contributed by atoms with Crippen molar-refractivity contribution in [2.45, 2.75) is 26.1 Å². The quantitative estimate of drug-likeness (QED) is 0.662. The van der Waals surface area contributed by atoms with Gasteiger partial charge in [0.25, 0.3) is 5.91 Å². The van der Waals surface area contributed by atoms with Crippen LogP contribution in [0.3, 0.4) is 0 Å². The highest BCUT2D eigenvalue weighted by Crippen LogP contribution is 2.19. The molecule has 0 atom stereocenters. The number of carbonyl (C=O) groups excluding carboxylic acids is 3. The summed E-state index contributed by atoms with van der Waals surface area (Å²) >= 11 is 1.32. The fourth-order valence-corrected chi connectivity index (χ4v) is 2.89. The highest BCUT2D eigenvalue weighted by atomic mass is 32.2. The van der Waals surface area contributed by atoms with E-state index in [0.717, 1.165) is 11.3 Å². The number of amides is 3. The summed E-state index contributed by atoms with van der Waals surface area (Å²) in [5.74, 6) is 0.622. The van der Waals surface area contributed by atoms with Crippen molar-refractivity contribution in [2.75, 3.05) is 12.4 Å². The second kappa shape index (κ2) is 9.66. The molecule has 9 nitrogen and oxygen atoms in total. The number of urea groups is 1. The molecule has 0 spiro atoms. The number of furan rings is 1. The van der Waals surface area contributed by atoms with Gasteiger partial charge in [-0.2, -0.15) is 0 Å². The van der Waals surface area contributed by atoms with Crippen molar-refractivity contribution >= 4 is 29.7 Å². The number of nitrogens with one attached hydrogen (secondary N) is 2. The van der Waals surface area contributed by atoms with Crippen LogP contribution in [0.5, 0.6) is 0 Å². The maximum atomic E-state index is 11.6. The van der Waals surface area contributed by atoms with E-state index in [9.17, 15) is 14.4 Å². The SMILES string of the molecule is Cc1noc(C)c1CSCC(=O)OCC(=O)NC(=O)NCc1ccco1. The smallest absolute Gasteiger partial charge is 0.321 e. The normalized spacial score (nSPS) is 10.4. The Kier molecular flexibility index (Phi) is 7.27. The van der Waals surface area contributed by atoms with E-state index in [1.54, 1.807) is 19.1 Å². The minimum atomic E-state index is -0.717. The molecule has 2 aromatic heterocycles. The largest absolute Gasteiger partial charge is 0.467 e. The molecule has 2 aromatic rings. The van der Waals surface area contributed by atoms with E-state index < -0.39 is 24.5 Å². The first-order valence-electron chi connectivity index (χ1n) is 7.71. The molecule has 0 bridgehead atoms. The predicted octanol–water partition coefficient (Wildman–Crippen LogP) is 1.69. The number of ether oxygens (including phenoxy) is 1. The van der Waals surface area contributed by atoms with E-state index in [2.05, 4.69) is 15.8 Å². The number of esters is 1. The van der Waals surface area contributed by atoms with Crippen LogP contribution in [0.4, 0.5) is 4.79 Å². The van der Waals surface area contributed by atoms with Crippen molar-refractivity contribution in [3.05, 3.63) is 41.2 Å². The zero-order chi connectivity index (χ0) is 18.9. The second-order valence-corrected chi connectivity index (χ2v) is 6.25. The van der Waals surface area contributed by atoms with Gasteiger partial charge in [0.2, 0.25) is 0 Å². The summed E-state index contributed by atoms with van der Waals surface area (Å²) in [4.78, 5) is 34.7. The van der Waals surface area contributed by atoms with Crippen molar-refractivity contribution in [1.82, 2.24) is 15.8 Å². The summed E-state index contributed by atoms with van der Waals surface area (Å²) in [5.41, 5.74) is 1.72. The van der Waals surface area contributed by atoms with Crippen LogP contribution in [0.25, 0.3) is 0 Å². The van der Waals surface area contributed by atoms with Gasteiger partial charge < -0.3 is 19.0 Å². The molecule has 0 aromatic carbocycles. The predicted molar refractivity (Wildman–Crippen MR) is 92.2 cm³/mol. The van der Waals surface area contributed by atoms with Crippen LogP contribution in [-0.2, 0) is 26.6 Å². The molecule has 0 aliphatic rings. The molecule has 0 unspecified atom stereocenters. The summed E-state index contributed by atoms with van der Waals surface area (Å²) in [6.45, 7) is 3.24. The van der Waals surface area contributed by atoms with Gasteiger partial charge in [-0.3, -0.25) is 14.9 Å². The molecule has 26 heavy (non-hydrogen) atoms. The van der Waals surface area contributed by atoms with E-state index in [1.165, 1.54) is 18.0 Å². The zero-order valence-corrected chi connectivity index (χ0v) is 15.2. The third kappa shape index (κ3) is 6.28. The first kappa shape index (κ1) is 19.6. The van der Waals surface area contributed by atoms with Gasteiger partial charge in [-0.25, -0.2) is 4.79 Å². The van der Waals surface area contributed by atoms with Crippen LogP contribution in [0.2, 0.25) is 0 Å². The van der Waals surface area contributed by atoms with E-state index in [4.69, 9.17) is 13.7 Å². The third-order valence-electron chi connectivity index (χ3n) is 3.27. The molecule has 140 valence electrons. The van der Waals surface area contributed by atoms with Crippen molar-refractivity contribution in [1.29, 1.82) is 0 Å². The number of thioether (sulfide) groups is 1. The zero-order valence-electron chi connectivity index (χ0n) is 14.4. The highest BCUT2D eigenvalue weighted by molar-refractivity contribution is 7.99. The van der Waals surface area contributed by atoms with Crippen LogP contribution < -0.4 is 10.6 Å². The number of rotatable bonds is 8. The number of imide groups is 1. The number of hydrogen-bond acceptors (Lipinski definition) is 8. The second-order valence-electron chi connectivity index (χ2n) is 5.27. The van der Waals surface area contributed by atoms with Gasteiger partial charge in [0.05, 0.1) is 24.3 Å². The summed E-state index contributed by atoms with van der Waals surface area (Å²) in [6.07, 6.45) is 1.48. The Morgan fingerprint density at radius 3 is 2.77 bits per heavy atom. The summed E-state index contributed by atoms with van der Waals surface area (Å²) in [7, 11) is 0. The molecule has 0 aliphatic carbocycles. The Hall–Kier alpha value is -2.75. The number of carbonyl (C=O) groups is 3. The van der Waals surface area contributed by atoms with Crippen LogP contribution in [-0.4, -0.2) is 35.4 Å². The Labute approximate surface area is 153 Å². The Bertz CT molecular complexity index is 737. The molecule has 2 N–H and O–H groups in total. The molecule has 2 rings (SSSR count). The number of aryl methyl sites for hydroxylation is 2. The minimum absolute atomic E-state index is 0.0715. The Morgan fingerprint density at radius 2 is 2.12 bits per heavy atom. The first-order chi connectivity index (χ1) is 12.5. The van der Waals surface area contributed by atoms with Crippen LogP contribution in [0, 0.1) is 13.8 Å². The molecular weight excluding hydrogens is 362 g/mol. The Balaban J connectivity index is 1.59. The first-order valence-corrected chi connectivity index (χ1v) is 8.86. The van der Waals surface area contributed by atoms with E-state index in [0.29, 0.717) is 17.3 Å². The van der Waals surface area contributed by atoms with Gasteiger partial charge in [-0.05, 0) is 26.0 Å². The van der Waals surface area contributed by atoms with E-state index >= 15 is 0 Å². The monoisotopic (exact) mass is 381 g/mol. The molecule has 10 heteroatoms. The maximum absolute atomic E-state index is 11.6. The van der Waals surface area contributed by atoms with Crippen molar-refractivity contribution in [2.24, 2.45) is 0 Å². The molecule has 0 saturated carbocycles. The summed E-state index contributed by atoms with van der Waals surface area (Å²) in [6, 6.07) is 2.67. The average molecular weight is 381 g/mol. The van der Waals surface area contributed by atoms with Gasteiger partial charge in [-0.15, -0.1) is 11.8 Å². The molecule has 0 fully saturated rings. The van der Waals surface area contributed by atoms with Crippen molar-refractivity contribution < 1.29 is 28.1 Å². The van der Waals surface area contributed by atoms with Crippen LogP contribution >= 0.6 is 11.8 Å². The summed E-state index contributed by atoms with van der Waals surface area (Å²) in [5, 5.41) is 8.33. The molecular formula is C16H19N3O6S. The minimum Gasteiger partial charge on any atom is -0.467 e. The van der Waals surface area contributed by atoms with Gasteiger partial charge in [0.15, 0.2) is 6.61 Å². The molecule has 0 saturated heterocycles. The molecule has 0 radical (unpaired) electrons. The Morgan fingerprint density at radius 1 is 1.31 bits per heavy atom. The van der Waals surface area contributed by atoms with Crippen LogP contribution in [0.15, 0.2) is 27.3 Å². The lowest BCUT2D eigenvalue weighted by molar-refractivity contribution is -0.145. The standard InChI is InChI=1S/C16H19N3O6S/c1-10-13(11(2)25-19-10)8-26-9-15(21)24-7-14(20)18-16(22)17-6-12-4-3-5-23-12/h3-5H,6-9H2,1-2H3,(H2,17,18,20,22).